The monoisotopic (exact) mass is 337 g/mol. The first kappa shape index (κ1) is 17.0. The van der Waals surface area contributed by atoms with E-state index >= 15 is 0 Å². The van der Waals surface area contributed by atoms with Gasteiger partial charge in [0.2, 0.25) is 0 Å². The van der Waals surface area contributed by atoms with E-state index < -0.39 is 21.8 Å². The fourth-order valence-electron chi connectivity index (χ4n) is 2.01. The van der Waals surface area contributed by atoms with Crippen LogP contribution in [-0.2, 0) is 21.2 Å². The van der Waals surface area contributed by atoms with E-state index in [0.29, 0.717) is 12.0 Å². The van der Waals surface area contributed by atoms with E-state index in [-0.39, 0.29) is 17.0 Å². The van der Waals surface area contributed by atoms with Gasteiger partial charge >= 0.3 is 5.97 Å². The zero-order valence-corrected chi connectivity index (χ0v) is 13.2. The summed E-state index contributed by atoms with van der Waals surface area (Å²) in [5.41, 5.74) is 1.33. The van der Waals surface area contributed by atoms with Crippen LogP contribution in [0.4, 0.5) is 10.1 Å². The van der Waals surface area contributed by atoms with Crippen molar-refractivity contribution in [3.63, 3.8) is 0 Å². The highest BCUT2D eigenvalue weighted by Crippen LogP contribution is 2.21. The molecule has 2 aromatic rings. The minimum absolute atomic E-state index is 0.0162. The van der Waals surface area contributed by atoms with Gasteiger partial charge in [0, 0.05) is 6.42 Å². The number of benzene rings is 2. The van der Waals surface area contributed by atoms with Crippen molar-refractivity contribution in [1.29, 1.82) is 0 Å². The summed E-state index contributed by atoms with van der Waals surface area (Å²) < 4.78 is 40.4. The predicted octanol–water partition coefficient (Wildman–Crippen LogP) is 2.95. The average Bonchev–Trinajstić information content (AvgIpc) is 2.49. The van der Waals surface area contributed by atoms with Gasteiger partial charge in [-0.2, -0.15) is 0 Å². The van der Waals surface area contributed by atoms with E-state index in [9.17, 15) is 17.6 Å². The van der Waals surface area contributed by atoms with Gasteiger partial charge in [0.15, 0.2) is 0 Å². The van der Waals surface area contributed by atoms with E-state index in [4.69, 9.17) is 5.11 Å². The summed E-state index contributed by atoms with van der Waals surface area (Å²) in [4.78, 5) is 10.5. The van der Waals surface area contributed by atoms with E-state index in [1.165, 1.54) is 24.3 Å². The molecule has 0 amide bonds. The summed E-state index contributed by atoms with van der Waals surface area (Å²) in [6.07, 6.45) is 0.286. The first-order valence-corrected chi connectivity index (χ1v) is 8.36. The highest BCUT2D eigenvalue weighted by atomic mass is 32.2. The molecule has 122 valence electrons. The Bertz CT molecular complexity index is 816. The van der Waals surface area contributed by atoms with Gasteiger partial charge in [-0.3, -0.25) is 9.52 Å². The largest absolute Gasteiger partial charge is 0.481 e. The number of rotatable bonds is 6. The van der Waals surface area contributed by atoms with Crippen LogP contribution in [0.25, 0.3) is 0 Å². The third-order valence-electron chi connectivity index (χ3n) is 3.23. The van der Waals surface area contributed by atoms with Crippen molar-refractivity contribution in [3.8, 4) is 0 Å². The maximum absolute atomic E-state index is 13.7. The Kier molecular flexibility index (Phi) is 5.00. The van der Waals surface area contributed by atoms with Gasteiger partial charge in [-0.15, -0.1) is 0 Å². The van der Waals surface area contributed by atoms with Crippen LogP contribution in [0.2, 0.25) is 0 Å². The smallest absolute Gasteiger partial charge is 0.303 e. The SMILES string of the molecule is Cc1ccc(F)c(NS(=O)(=O)c2ccc(CCC(=O)O)cc2)c1. The highest BCUT2D eigenvalue weighted by Gasteiger charge is 2.16. The van der Waals surface area contributed by atoms with Crippen molar-refractivity contribution >= 4 is 21.7 Å². The zero-order chi connectivity index (χ0) is 17.0. The van der Waals surface area contributed by atoms with Gasteiger partial charge < -0.3 is 5.11 Å². The standard InChI is InChI=1S/C16H16FNO4S/c1-11-2-8-14(17)15(10-11)18-23(21,22)13-6-3-12(4-7-13)5-9-16(19)20/h2-4,6-8,10,18H,5,9H2,1H3,(H,19,20). The molecule has 0 aliphatic carbocycles. The van der Waals surface area contributed by atoms with Gasteiger partial charge in [0.25, 0.3) is 10.0 Å². The second kappa shape index (κ2) is 6.78. The fourth-order valence-corrected chi connectivity index (χ4v) is 3.07. The quantitative estimate of drug-likeness (QED) is 0.849. The van der Waals surface area contributed by atoms with E-state index in [2.05, 4.69) is 4.72 Å². The lowest BCUT2D eigenvalue weighted by atomic mass is 10.1. The molecule has 0 saturated carbocycles. The van der Waals surface area contributed by atoms with Gasteiger partial charge in [-0.1, -0.05) is 18.2 Å². The van der Waals surface area contributed by atoms with Crippen LogP contribution in [0.15, 0.2) is 47.4 Å². The van der Waals surface area contributed by atoms with Crippen LogP contribution in [0.5, 0.6) is 0 Å². The van der Waals surface area contributed by atoms with Gasteiger partial charge in [0.1, 0.15) is 5.82 Å². The summed E-state index contributed by atoms with van der Waals surface area (Å²) in [6, 6.07) is 9.98. The topological polar surface area (TPSA) is 83.5 Å². The predicted molar refractivity (Wildman–Crippen MR) is 84.3 cm³/mol. The molecule has 0 spiro atoms. The average molecular weight is 337 g/mol. The van der Waals surface area contributed by atoms with Crippen LogP contribution in [0, 0.1) is 12.7 Å². The lowest BCUT2D eigenvalue weighted by molar-refractivity contribution is -0.136. The van der Waals surface area contributed by atoms with Crippen LogP contribution < -0.4 is 4.72 Å². The van der Waals surface area contributed by atoms with Gasteiger partial charge in [-0.05, 0) is 48.7 Å². The molecule has 5 nitrogen and oxygen atoms in total. The molecule has 0 heterocycles. The summed E-state index contributed by atoms with van der Waals surface area (Å²) in [5, 5.41) is 8.63. The normalized spacial score (nSPS) is 11.2. The molecule has 0 fully saturated rings. The molecule has 0 radical (unpaired) electrons. The molecule has 0 aromatic heterocycles. The molecule has 7 heteroatoms. The summed E-state index contributed by atoms with van der Waals surface area (Å²) in [5.74, 6) is -1.57. The van der Waals surface area contributed by atoms with Crippen molar-refractivity contribution < 1.29 is 22.7 Å². The molecule has 0 bridgehead atoms. The van der Waals surface area contributed by atoms with Crippen molar-refractivity contribution in [2.24, 2.45) is 0 Å². The molecule has 23 heavy (non-hydrogen) atoms. The first-order chi connectivity index (χ1) is 10.8. The molecular weight excluding hydrogens is 321 g/mol. The zero-order valence-electron chi connectivity index (χ0n) is 12.4. The number of aliphatic carboxylic acids is 1. The number of aryl methyl sites for hydroxylation is 2. The third kappa shape index (κ3) is 4.53. The number of anilines is 1. The Morgan fingerprint density at radius 1 is 1.17 bits per heavy atom. The maximum atomic E-state index is 13.7. The maximum Gasteiger partial charge on any atom is 0.303 e. The molecular formula is C16H16FNO4S. The Labute approximate surface area is 133 Å². The summed E-state index contributed by atoms with van der Waals surface area (Å²) >= 11 is 0. The molecule has 0 unspecified atom stereocenters. The summed E-state index contributed by atoms with van der Waals surface area (Å²) in [7, 11) is -3.91. The van der Waals surface area contributed by atoms with Crippen LogP contribution >= 0.6 is 0 Å². The van der Waals surface area contributed by atoms with Crippen molar-refractivity contribution in [1.82, 2.24) is 0 Å². The van der Waals surface area contributed by atoms with Crippen LogP contribution in [-0.4, -0.2) is 19.5 Å². The Morgan fingerprint density at radius 2 is 1.83 bits per heavy atom. The lowest BCUT2D eigenvalue weighted by Gasteiger charge is -2.10. The van der Waals surface area contributed by atoms with Crippen LogP contribution in [0.1, 0.15) is 17.5 Å². The molecule has 0 saturated heterocycles. The highest BCUT2D eigenvalue weighted by molar-refractivity contribution is 7.92. The van der Waals surface area contributed by atoms with Crippen molar-refractivity contribution in [2.75, 3.05) is 4.72 Å². The number of sulfonamides is 1. The number of hydrogen-bond donors (Lipinski definition) is 2. The minimum Gasteiger partial charge on any atom is -0.481 e. The Morgan fingerprint density at radius 3 is 2.43 bits per heavy atom. The Balaban J connectivity index is 2.19. The van der Waals surface area contributed by atoms with Gasteiger partial charge in [-0.25, -0.2) is 12.8 Å². The molecule has 0 aliphatic rings. The number of nitrogens with one attached hydrogen (secondary N) is 1. The molecule has 2 N–H and O–H groups in total. The fraction of sp³-hybridized carbons (Fsp3) is 0.188. The number of carboxylic acids is 1. The second-order valence-electron chi connectivity index (χ2n) is 5.13. The number of halogens is 1. The molecule has 0 atom stereocenters. The Hall–Kier alpha value is -2.41. The van der Waals surface area contributed by atoms with Crippen molar-refractivity contribution in [3.05, 3.63) is 59.4 Å². The molecule has 2 aromatic carbocycles. The van der Waals surface area contributed by atoms with Crippen molar-refractivity contribution in [2.45, 2.75) is 24.7 Å². The number of hydrogen-bond acceptors (Lipinski definition) is 3. The van der Waals surface area contributed by atoms with E-state index in [1.807, 2.05) is 0 Å². The first-order valence-electron chi connectivity index (χ1n) is 6.87. The van der Waals surface area contributed by atoms with E-state index in [1.54, 1.807) is 25.1 Å². The van der Waals surface area contributed by atoms with Crippen LogP contribution in [0.3, 0.4) is 0 Å². The van der Waals surface area contributed by atoms with Gasteiger partial charge in [0.05, 0.1) is 10.6 Å². The minimum atomic E-state index is -3.91. The summed E-state index contributed by atoms with van der Waals surface area (Å²) in [6.45, 7) is 1.73. The second-order valence-corrected chi connectivity index (χ2v) is 6.81. The van der Waals surface area contributed by atoms with E-state index in [0.717, 1.165) is 5.56 Å². The molecule has 0 aliphatic heterocycles. The number of carboxylic acid groups (broad SMARTS) is 1. The number of carbonyl (C=O) groups is 1. The lowest BCUT2D eigenvalue weighted by Crippen LogP contribution is -2.14. The third-order valence-corrected chi connectivity index (χ3v) is 4.61. The molecule has 2 rings (SSSR count).